The van der Waals surface area contributed by atoms with Gasteiger partial charge in [-0.25, -0.2) is 15.0 Å². The molecule has 0 unspecified atom stereocenters. The topological polar surface area (TPSA) is 97.5 Å². The molecule has 0 radical (unpaired) electrons. The zero-order valence-corrected chi connectivity index (χ0v) is 15.7. The number of anilines is 2. The molecular weight excluding hydrogens is 344 g/mol. The molecular formula is C19H24N6O2. The van der Waals surface area contributed by atoms with E-state index in [-0.39, 0.29) is 5.91 Å². The quantitative estimate of drug-likeness (QED) is 0.851. The predicted octanol–water partition coefficient (Wildman–Crippen LogP) is 1.22. The summed E-state index contributed by atoms with van der Waals surface area (Å²) in [6.07, 6.45) is 5.74. The van der Waals surface area contributed by atoms with Crippen LogP contribution in [-0.4, -0.2) is 59.6 Å². The summed E-state index contributed by atoms with van der Waals surface area (Å²) in [6.45, 7) is 1.89. The summed E-state index contributed by atoms with van der Waals surface area (Å²) < 4.78 is 6.24. The summed E-state index contributed by atoms with van der Waals surface area (Å²) in [7, 11) is 3.86. The highest BCUT2D eigenvalue weighted by molar-refractivity contribution is 5.94. The normalized spacial score (nSPS) is 18.2. The second-order valence-electron chi connectivity index (χ2n) is 7.29. The molecule has 2 aromatic heterocycles. The lowest BCUT2D eigenvalue weighted by molar-refractivity contribution is -0.0967. The van der Waals surface area contributed by atoms with Crippen LogP contribution in [0.5, 0.6) is 0 Å². The zero-order chi connectivity index (χ0) is 19.0. The maximum absolute atomic E-state index is 12.8. The minimum Gasteiger partial charge on any atom is -0.384 e. The fourth-order valence-corrected chi connectivity index (χ4v) is 3.83. The number of pyridine rings is 1. The van der Waals surface area contributed by atoms with Gasteiger partial charge in [0, 0.05) is 45.1 Å². The SMILES string of the molecule is CN(C)c1ncc2c(n1)C1(CCN(C(=O)c3ccnc(N)c3)CC1)OCC2. The van der Waals surface area contributed by atoms with Crippen molar-refractivity contribution in [2.45, 2.75) is 24.9 Å². The van der Waals surface area contributed by atoms with Gasteiger partial charge in [-0.3, -0.25) is 4.79 Å². The summed E-state index contributed by atoms with van der Waals surface area (Å²) in [5, 5.41) is 0. The Morgan fingerprint density at radius 3 is 2.78 bits per heavy atom. The molecule has 2 N–H and O–H groups in total. The van der Waals surface area contributed by atoms with Crippen molar-refractivity contribution in [2.24, 2.45) is 0 Å². The molecule has 2 aliphatic heterocycles. The number of aromatic nitrogens is 3. The molecule has 0 aromatic carbocycles. The van der Waals surface area contributed by atoms with Crippen molar-refractivity contribution in [2.75, 3.05) is 44.4 Å². The number of hydrogen-bond acceptors (Lipinski definition) is 7. The van der Waals surface area contributed by atoms with Gasteiger partial charge in [0.1, 0.15) is 11.4 Å². The molecule has 8 nitrogen and oxygen atoms in total. The maximum atomic E-state index is 12.8. The summed E-state index contributed by atoms with van der Waals surface area (Å²) in [5.41, 5.74) is 7.97. The average Bonchev–Trinajstić information content (AvgIpc) is 2.68. The van der Waals surface area contributed by atoms with Crippen LogP contribution < -0.4 is 10.6 Å². The minimum absolute atomic E-state index is 0.0216. The Balaban J connectivity index is 1.56. The Bertz CT molecular complexity index is 861. The number of amides is 1. The summed E-state index contributed by atoms with van der Waals surface area (Å²) in [4.78, 5) is 29.7. The highest BCUT2D eigenvalue weighted by Gasteiger charge is 2.43. The minimum atomic E-state index is -0.435. The number of carbonyl (C=O) groups is 1. The molecule has 0 atom stereocenters. The Kier molecular flexibility index (Phi) is 4.43. The number of ether oxygens (including phenoxy) is 1. The Morgan fingerprint density at radius 1 is 1.30 bits per heavy atom. The molecule has 4 rings (SSSR count). The van der Waals surface area contributed by atoms with Gasteiger partial charge in [-0.2, -0.15) is 0 Å². The van der Waals surface area contributed by atoms with E-state index in [1.54, 1.807) is 18.3 Å². The molecule has 0 aliphatic carbocycles. The number of hydrogen-bond donors (Lipinski definition) is 1. The molecule has 0 bridgehead atoms. The van der Waals surface area contributed by atoms with Crippen molar-refractivity contribution >= 4 is 17.7 Å². The molecule has 0 saturated carbocycles. The van der Waals surface area contributed by atoms with Crippen LogP contribution in [0.2, 0.25) is 0 Å². The lowest BCUT2D eigenvalue weighted by atomic mass is 9.83. The zero-order valence-electron chi connectivity index (χ0n) is 15.7. The molecule has 4 heterocycles. The first-order valence-electron chi connectivity index (χ1n) is 9.17. The van der Waals surface area contributed by atoms with Crippen molar-refractivity contribution in [3.8, 4) is 0 Å². The van der Waals surface area contributed by atoms with Gasteiger partial charge in [0.2, 0.25) is 5.95 Å². The van der Waals surface area contributed by atoms with E-state index in [2.05, 4.69) is 9.97 Å². The molecule has 1 spiro atoms. The van der Waals surface area contributed by atoms with Crippen LogP contribution in [0.1, 0.15) is 34.5 Å². The number of nitrogen functional groups attached to an aromatic ring is 1. The van der Waals surface area contributed by atoms with Gasteiger partial charge in [0.15, 0.2) is 0 Å². The third kappa shape index (κ3) is 3.21. The van der Waals surface area contributed by atoms with Crippen LogP contribution >= 0.6 is 0 Å². The fourth-order valence-electron chi connectivity index (χ4n) is 3.83. The van der Waals surface area contributed by atoms with Gasteiger partial charge >= 0.3 is 0 Å². The lowest BCUT2D eigenvalue weighted by Crippen LogP contribution is -2.49. The molecule has 142 valence electrons. The van der Waals surface area contributed by atoms with Crippen LogP contribution in [0.25, 0.3) is 0 Å². The van der Waals surface area contributed by atoms with Gasteiger partial charge < -0.3 is 20.3 Å². The third-order valence-corrected chi connectivity index (χ3v) is 5.32. The first-order chi connectivity index (χ1) is 13.0. The number of likely N-dealkylation sites (tertiary alicyclic amines) is 1. The second-order valence-corrected chi connectivity index (χ2v) is 7.29. The van der Waals surface area contributed by atoms with Crippen molar-refractivity contribution < 1.29 is 9.53 Å². The molecule has 2 aromatic rings. The molecule has 1 saturated heterocycles. The Morgan fingerprint density at radius 2 is 2.07 bits per heavy atom. The van der Waals surface area contributed by atoms with E-state index < -0.39 is 5.60 Å². The number of nitrogens with two attached hydrogens (primary N) is 1. The van der Waals surface area contributed by atoms with Gasteiger partial charge in [0.05, 0.1) is 12.3 Å². The van der Waals surface area contributed by atoms with Crippen LogP contribution in [0.4, 0.5) is 11.8 Å². The van der Waals surface area contributed by atoms with Gasteiger partial charge in [-0.15, -0.1) is 0 Å². The van der Waals surface area contributed by atoms with Crippen molar-refractivity contribution in [3.63, 3.8) is 0 Å². The Hall–Kier alpha value is -2.74. The third-order valence-electron chi connectivity index (χ3n) is 5.32. The van der Waals surface area contributed by atoms with E-state index in [0.717, 1.165) is 30.5 Å². The standard InChI is InChI=1S/C19H24N6O2/c1-24(2)18-22-12-14-4-10-27-19(16(14)23-18)5-8-25(9-6-19)17(26)13-3-7-21-15(20)11-13/h3,7,11-12H,4-6,8-10H2,1-2H3,(H2,20,21). The second kappa shape index (κ2) is 6.77. The van der Waals surface area contributed by atoms with Gasteiger partial charge in [-0.05, 0) is 37.0 Å². The number of rotatable bonds is 2. The van der Waals surface area contributed by atoms with Crippen molar-refractivity contribution in [3.05, 3.63) is 41.3 Å². The molecule has 1 fully saturated rings. The van der Waals surface area contributed by atoms with Crippen LogP contribution in [-0.2, 0) is 16.8 Å². The largest absolute Gasteiger partial charge is 0.384 e. The number of fused-ring (bicyclic) bond motifs is 2. The summed E-state index contributed by atoms with van der Waals surface area (Å²) in [6, 6.07) is 3.32. The average molecular weight is 368 g/mol. The number of carbonyl (C=O) groups excluding carboxylic acids is 1. The van der Waals surface area contributed by atoms with Crippen LogP contribution in [0.3, 0.4) is 0 Å². The fraction of sp³-hybridized carbons (Fsp3) is 0.474. The van der Waals surface area contributed by atoms with E-state index in [0.29, 0.717) is 37.0 Å². The lowest BCUT2D eigenvalue weighted by Gasteiger charge is -2.44. The number of piperidine rings is 1. The molecule has 2 aliphatic rings. The first-order valence-corrected chi connectivity index (χ1v) is 9.17. The van der Waals surface area contributed by atoms with Crippen LogP contribution in [0.15, 0.2) is 24.5 Å². The smallest absolute Gasteiger partial charge is 0.254 e. The number of nitrogens with zero attached hydrogens (tertiary/aromatic N) is 5. The monoisotopic (exact) mass is 368 g/mol. The van der Waals surface area contributed by atoms with Crippen molar-refractivity contribution in [1.82, 2.24) is 19.9 Å². The highest BCUT2D eigenvalue weighted by Crippen LogP contribution is 2.41. The first kappa shape index (κ1) is 17.7. The van der Waals surface area contributed by atoms with Crippen LogP contribution in [0, 0.1) is 0 Å². The van der Waals surface area contributed by atoms with Crippen molar-refractivity contribution in [1.29, 1.82) is 0 Å². The van der Waals surface area contributed by atoms with E-state index in [9.17, 15) is 4.79 Å². The van der Waals surface area contributed by atoms with E-state index in [1.807, 2.05) is 30.1 Å². The molecule has 27 heavy (non-hydrogen) atoms. The summed E-state index contributed by atoms with van der Waals surface area (Å²) >= 11 is 0. The van der Waals surface area contributed by atoms with Gasteiger partial charge in [0.25, 0.3) is 5.91 Å². The predicted molar refractivity (Wildman–Crippen MR) is 101 cm³/mol. The van der Waals surface area contributed by atoms with E-state index in [4.69, 9.17) is 15.5 Å². The summed E-state index contributed by atoms with van der Waals surface area (Å²) in [5.74, 6) is 1.02. The maximum Gasteiger partial charge on any atom is 0.254 e. The van der Waals surface area contributed by atoms with Gasteiger partial charge in [-0.1, -0.05) is 0 Å². The van der Waals surface area contributed by atoms with E-state index >= 15 is 0 Å². The molecule has 8 heteroatoms. The highest BCUT2D eigenvalue weighted by atomic mass is 16.5. The van der Waals surface area contributed by atoms with E-state index in [1.165, 1.54) is 0 Å². The Labute approximate surface area is 158 Å². The molecule has 1 amide bonds.